The fraction of sp³-hybridized carbons (Fsp3) is 0.286. The minimum Gasteiger partial charge on any atom is -0.344 e. The SMILES string of the molecule is Cc1cc(C(=O)NC2CCc3ccccc32)n[nH]1. The molecule has 1 aliphatic carbocycles. The Morgan fingerprint density at radius 1 is 1.44 bits per heavy atom. The average Bonchev–Trinajstić information content (AvgIpc) is 2.97. The number of aryl methyl sites for hydroxylation is 2. The van der Waals surface area contributed by atoms with E-state index >= 15 is 0 Å². The average molecular weight is 241 g/mol. The second-order valence-corrected chi connectivity index (χ2v) is 4.70. The molecule has 1 aromatic heterocycles. The van der Waals surface area contributed by atoms with E-state index in [1.165, 1.54) is 11.1 Å². The van der Waals surface area contributed by atoms with E-state index in [0.717, 1.165) is 18.5 Å². The van der Waals surface area contributed by atoms with Crippen LogP contribution >= 0.6 is 0 Å². The zero-order chi connectivity index (χ0) is 12.5. The molecule has 1 heterocycles. The Labute approximate surface area is 105 Å². The maximum Gasteiger partial charge on any atom is 0.272 e. The zero-order valence-corrected chi connectivity index (χ0v) is 10.2. The first-order chi connectivity index (χ1) is 8.74. The molecule has 2 N–H and O–H groups in total. The number of rotatable bonds is 2. The van der Waals surface area contributed by atoms with Gasteiger partial charge in [0.25, 0.3) is 5.91 Å². The number of hydrogen-bond donors (Lipinski definition) is 2. The molecule has 0 fully saturated rings. The molecule has 1 aromatic carbocycles. The fourth-order valence-corrected chi connectivity index (χ4v) is 2.47. The van der Waals surface area contributed by atoms with Crippen molar-refractivity contribution in [2.24, 2.45) is 0 Å². The van der Waals surface area contributed by atoms with Gasteiger partial charge in [0.05, 0.1) is 6.04 Å². The predicted octanol–water partition coefficient (Wildman–Crippen LogP) is 2.14. The van der Waals surface area contributed by atoms with E-state index in [2.05, 4.69) is 27.6 Å². The minimum absolute atomic E-state index is 0.110. The number of carbonyl (C=O) groups is 1. The molecule has 1 aliphatic rings. The molecule has 0 saturated carbocycles. The number of benzene rings is 1. The van der Waals surface area contributed by atoms with Crippen LogP contribution in [0.5, 0.6) is 0 Å². The van der Waals surface area contributed by atoms with Crippen LogP contribution in [0.25, 0.3) is 0 Å². The van der Waals surface area contributed by atoms with Crippen molar-refractivity contribution in [2.75, 3.05) is 0 Å². The molecule has 0 radical (unpaired) electrons. The van der Waals surface area contributed by atoms with Crippen molar-refractivity contribution in [1.29, 1.82) is 0 Å². The van der Waals surface area contributed by atoms with E-state index in [0.29, 0.717) is 5.69 Å². The van der Waals surface area contributed by atoms with Crippen LogP contribution in [-0.4, -0.2) is 16.1 Å². The maximum atomic E-state index is 12.0. The minimum atomic E-state index is -0.110. The molecular formula is C14H15N3O. The smallest absolute Gasteiger partial charge is 0.272 e. The van der Waals surface area contributed by atoms with Crippen molar-refractivity contribution < 1.29 is 4.79 Å². The Bertz CT molecular complexity index is 588. The zero-order valence-electron chi connectivity index (χ0n) is 10.2. The van der Waals surface area contributed by atoms with Gasteiger partial charge in [0.15, 0.2) is 0 Å². The molecule has 4 heteroatoms. The normalized spacial score (nSPS) is 17.5. The van der Waals surface area contributed by atoms with E-state index in [-0.39, 0.29) is 11.9 Å². The number of carbonyl (C=O) groups excluding carboxylic acids is 1. The van der Waals surface area contributed by atoms with Gasteiger partial charge >= 0.3 is 0 Å². The first-order valence-corrected chi connectivity index (χ1v) is 6.15. The molecule has 0 bridgehead atoms. The number of aromatic nitrogens is 2. The first kappa shape index (κ1) is 11.0. The molecule has 18 heavy (non-hydrogen) atoms. The topological polar surface area (TPSA) is 57.8 Å². The van der Waals surface area contributed by atoms with Gasteiger partial charge in [-0.15, -0.1) is 0 Å². The van der Waals surface area contributed by atoms with Gasteiger partial charge < -0.3 is 5.32 Å². The van der Waals surface area contributed by atoms with Crippen LogP contribution in [0.15, 0.2) is 30.3 Å². The van der Waals surface area contributed by atoms with Crippen molar-refractivity contribution in [3.05, 3.63) is 52.8 Å². The second kappa shape index (κ2) is 4.29. The molecule has 1 unspecified atom stereocenters. The quantitative estimate of drug-likeness (QED) is 0.846. The monoisotopic (exact) mass is 241 g/mol. The van der Waals surface area contributed by atoms with Crippen LogP contribution < -0.4 is 5.32 Å². The molecule has 1 amide bonds. The second-order valence-electron chi connectivity index (χ2n) is 4.70. The highest BCUT2D eigenvalue weighted by Gasteiger charge is 2.24. The molecule has 92 valence electrons. The number of H-pyrrole nitrogens is 1. The highest BCUT2D eigenvalue weighted by molar-refractivity contribution is 5.92. The molecule has 2 aromatic rings. The van der Waals surface area contributed by atoms with Crippen molar-refractivity contribution in [1.82, 2.24) is 15.5 Å². The Morgan fingerprint density at radius 3 is 3.06 bits per heavy atom. The van der Waals surface area contributed by atoms with Gasteiger partial charge in [-0.25, -0.2) is 0 Å². The molecule has 0 spiro atoms. The molecule has 4 nitrogen and oxygen atoms in total. The van der Waals surface area contributed by atoms with Crippen LogP contribution in [0.4, 0.5) is 0 Å². The highest BCUT2D eigenvalue weighted by atomic mass is 16.2. The maximum absolute atomic E-state index is 12.0. The lowest BCUT2D eigenvalue weighted by Crippen LogP contribution is -2.27. The van der Waals surface area contributed by atoms with Crippen LogP contribution in [0.2, 0.25) is 0 Å². The number of fused-ring (bicyclic) bond motifs is 1. The van der Waals surface area contributed by atoms with Gasteiger partial charge in [-0.2, -0.15) is 5.10 Å². The molecular weight excluding hydrogens is 226 g/mol. The Kier molecular flexibility index (Phi) is 2.63. The summed E-state index contributed by atoms with van der Waals surface area (Å²) in [5.74, 6) is -0.110. The lowest BCUT2D eigenvalue weighted by molar-refractivity contribution is 0.0931. The third-order valence-electron chi connectivity index (χ3n) is 3.38. The first-order valence-electron chi connectivity index (χ1n) is 6.15. The standard InChI is InChI=1S/C14H15N3O/c1-9-8-13(17-16-9)14(18)15-12-7-6-10-4-2-3-5-11(10)12/h2-5,8,12H,6-7H2,1H3,(H,15,18)(H,16,17). The van der Waals surface area contributed by atoms with E-state index in [1.54, 1.807) is 6.07 Å². The number of aromatic amines is 1. The van der Waals surface area contributed by atoms with Crippen molar-refractivity contribution >= 4 is 5.91 Å². The lowest BCUT2D eigenvalue weighted by atomic mass is 10.1. The molecule has 0 aliphatic heterocycles. The summed E-state index contributed by atoms with van der Waals surface area (Å²) in [6.07, 6.45) is 2.00. The van der Waals surface area contributed by atoms with E-state index in [4.69, 9.17) is 0 Å². The Morgan fingerprint density at radius 2 is 2.28 bits per heavy atom. The van der Waals surface area contributed by atoms with Crippen LogP contribution in [-0.2, 0) is 6.42 Å². The third kappa shape index (κ3) is 1.90. The van der Waals surface area contributed by atoms with Gasteiger partial charge in [0.2, 0.25) is 0 Å². The summed E-state index contributed by atoms with van der Waals surface area (Å²) < 4.78 is 0. The van der Waals surface area contributed by atoms with E-state index in [1.807, 2.05) is 19.1 Å². The van der Waals surface area contributed by atoms with Crippen molar-refractivity contribution in [3.8, 4) is 0 Å². The van der Waals surface area contributed by atoms with Crippen LogP contribution in [0.1, 0.15) is 39.8 Å². The number of hydrogen-bond acceptors (Lipinski definition) is 2. The largest absolute Gasteiger partial charge is 0.344 e. The van der Waals surface area contributed by atoms with Crippen LogP contribution in [0, 0.1) is 6.92 Å². The van der Waals surface area contributed by atoms with Crippen molar-refractivity contribution in [2.45, 2.75) is 25.8 Å². The van der Waals surface area contributed by atoms with E-state index in [9.17, 15) is 4.79 Å². The lowest BCUT2D eigenvalue weighted by Gasteiger charge is -2.12. The van der Waals surface area contributed by atoms with Gasteiger partial charge in [-0.3, -0.25) is 9.89 Å². The summed E-state index contributed by atoms with van der Waals surface area (Å²) in [5.41, 5.74) is 3.92. The van der Waals surface area contributed by atoms with Gasteiger partial charge in [-0.05, 0) is 37.0 Å². The van der Waals surface area contributed by atoms with Gasteiger partial charge in [-0.1, -0.05) is 24.3 Å². The Hall–Kier alpha value is -2.10. The summed E-state index contributed by atoms with van der Waals surface area (Å²) in [5, 5.41) is 9.80. The predicted molar refractivity (Wildman–Crippen MR) is 68.3 cm³/mol. The van der Waals surface area contributed by atoms with Gasteiger partial charge in [0.1, 0.15) is 5.69 Å². The molecule has 1 atom stereocenters. The summed E-state index contributed by atoms with van der Waals surface area (Å²) in [7, 11) is 0. The summed E-state index contributed by atoms with van der Waals surface area (Å²) in [6.45, 7) is 1.88. The summed E-state index contributed by atoms with van der Waals surface area (Å²) >= 11 is 0. The number of amides is 1. The van der Waals surface area contributed by atoms with Crippen LogP contribution in [0.3, 0.4) is 0 Å². The highest BCUT2D eigenvalue weighted by Crippen LogP contribution is 2.30. The summed E-state index contributed by atoms with van der Waals surface area (Å²) in [4.78, 5) is 12.0. The fourth-order valence-electron chi connectivity index (χ4n) is 2.47. The Balaban J connectivity index is 1.77. The molecule has 0 saturated heterocycles. The number of nitrogens with one attached hydrogen (secondary N) is 2. The molecule has 3 rings (SSSR count). The summed E-state index contributed by atoms with van der Waals surface area (Å²) in [6, 6.07) is 10.1. The van der Waals surface area contributed by atoms with Crippen molar-refractivity contribution in [3.63, 3.8) is 0 Å². The van der Waals surface area contributed by atoms with E-state index < -0.39 is 0 Å². The third-order valence-corrected chi connectivity index (χ3v) is 3.38. The number of nitrogens with zero attached hydrogens (tertiary/aromatic N) is 1. The van der Waals surface area contributed by atoms with Gasteiger partial charge in [0, 0.05) is 5.69 Å².